The van der Waals surface area contributed by atoms with Crippen molar-refractivity contribution in [3.05, 3.63) is 69.8 Å². The lowest BCUT2D eigenvalue weighted by atomic mass is 10.0. The van der Waals surface area contributed by atoms with E-state index in [1.165, 1.54) is 11.6 Å². The van der Waals surface area contributed by atoms with Crippen LogP contribution in [0.4, 0.5) is 5.69 Å². The van der Waals surface area contributed by atoms with E-state index in [0.717, 1.165) is 5.33 Å². The van der Waals surface area contributed by atoms with Crippen LogP contribution in [-0.4, -0.2) is 16.9 Å². The van der Waals surface area contributed by atoms with Crippen molar-refractivity contribution in [3.8, 4) is 5.75 Å². The highest BCUT2D eigenvalue weighted by atomic mass is 79.9. The SMILES string of the molecule is Cc1cc(OCC(CBr)c2ccccc2)ccc1[N+](=O)[O-]. The van der Waals surface area contributed by atoms with Crippen molar-refractivity contribution in [1.82, 2.24) is 0 Å². The van der Waals surface area contributed by atoms with Gasteiger partial charge in [-0.25, -0.2) is 0 Å². The van der Waals surface area contributed by atoms with Gasteiger partial charge < -0.3 is 4.74 Å². The fourth-order valence-electron chi connectivity index (χ4n) is 2.07. The van der Waals surface area contributed by atoms with Gasteiger partial charge in [-0.2, -0.15) is 0 Å². The normalized spacial score (nSPS) is 11.9. The number of hydrogen-bond donors (Lipinski definition) is 0. The predicted molar refractivity (Wildman–Crippen MR) is 86.3 cm³/mol. The first kappa shape index (κ1) is 15.5. The second kappa shape index (κ2) is 7.22. The lowest BCUT2D eigenvalue weighted by Crippen LogP contribution is -2.11. The molecular weight excluding hydrogens is 334 g/mol. The molecule has 0 fully saturated rings. The molecule has 0 saturated carbocycles. The number of hydrogen-bond acceptors (Lipinski definition) is 3. The molecule has 4 nitrogen and oxygen atoms in total. The average Bonchev–Trinajstić information content (AvgIpc) is 2.48. The topological polar surface area (TPSA) is 52.4 Å². The van der Waals surface area contributed by atoms with E-state index in [2.05, 4.69) is 28.1 Å². The minimum Gasteiger partial charge on any atom is -0.493 e. The fraction of sp³-hybridized carbons (Fsp3) is 0.250. The van der Waals surface area contributed by atoms with E-state index in [4.69, 9.17) is 4.74 Å². The summed E-state index contributed by atoms with van der Waals surface area (Å²) in [7, 11) is 0. The maximum atomic E-state index is 10.8. The zero-order valence-corrected chi connectivity index (χ0v) is 13.2. The van der Waals surface area contributed by atoms with Crippen LogP contribution in [0.2, 0.25) is 0 Å². The number of rotatable bonds is 6. The van der Waals surface area contributed by atoms with Gasteiger partial charge in [-0.1, -0.05) is 46.3 Å². The van der Waals surface area contributed by atoms with Crippen LogP contribution in [0.5, 0.6) is 5.75 Å². The number of nitro benzene ring substituents is 1. The van der Waals surface area contributed by atoms with Crippen LogP contribution in [0.25, 0.3) is 0 Å². The van der Waals surface area contributed by atoms with E-state index in [0.29, 0.717) is 17.9 Å². The van der Waals surface area contributed by atoms with Gasteiger partial charge in [-0.05, 0) is 24.6 Å². The van der Waals surface area contributed by atoms with Gasteiger partial charge in [0.1, 0.15) is 5.75 Å². The second-order valence-electron chi connectivity index (χ2n) is 4.78. The molecule has 0 amide bonds. The molecule has 5 heteroatoms. The molecule has 0 bridgehead atoms. The summed E-state index contributed by atoms with van der Waals surface area (Å²) >= 11 is 3.50. The number of alkyl halides is 1. The molecular formula is C16H16BrNO3. The molecule has 21 heavy (non-hydrogen) atoms. The first-order valence-corrected chi connectivity index (χ1v) is 7.72. The van der Waals surface area contributed by atoms with Crippen molar-refractivity contribution < 1.29 is 9.66 Å². The van der Waals surface area contributed by atoms with Crippen LogP contribution in [0, 0.1) is 17.0 Å². The van der Waals surface area contributed by atoms with Crippen LogP contribution >= 0.6 is 15.9 Å². The smallest absolute Gasteiger partial charge is 0.272 e. The van der Waals surface area contributed by atoms with Gasteiger partial charge in [0.05, 0.1) is 11.5 Å². The quantitative estimate of drug-likeness (QED) is 0.439. The van der Waals surface area contributed by atoms with Crippen molar-refractivity contribution in [2.45, 2.75) is 12.8 Å². The Morgan fingerprint density at radius 3 is 2.52 bits per heavy atom. The monoisotopic (exact) mass is 349 g/mol. The summed E-state index contributed by atoms with van der Waals surface area (Å²) in [6.07, 6.45) is 0. The first-order valence-electron chi connectivity index (χ1n) is 6.60. The van der Waals surface area contributed by atoms with Crippen LogP contribution < -0.4 is 4.74 Å². The fourth-order valence-corrected chi connectivity index (χ4v) is 2.64. The van der Waals surface area contributed by atoms with Crippen LogP contribution in [0.15, 0.2) is 48.5 Å². The summed E-state index contributed by atoms with van der Waals surface area (Å²) in [6.45, 7) is 2.23. The number of halogens is 1. The van der Waals surface area contributed by atoms with Gasteiger partial charge in [0.2, 0.25) is 0 Å². The Bertz CT molecular complexity index is 616. The summed E-state index contributed by atoms with van der Waals surface area (Å²) < 4.78 is 5.78. The summed E-state index contributed by atoms with van der Waals surface area (Å²) in [6, 6.07) is 14.9. The van der Waals surface area contributed by atoms with Gasteiger partial charge in [0, 0.05) is 22.9 Å². The van der Waals surface area contributed by atoms with E-state index in [1.807, 2.05) is 18.2 Å². The number of nitro groups is 1. The van der Waals surface area contributed by atoms with Crippen LogP contribution in [0.1, 0.15) is 17.0 Å². The highest BCUT2D eigenvalue weighted by Crippen LogP contribution is 2.25. The molecule has 2 rings (SSSR count). The third-order valence-electron chi connectivity index (χ3n) is 3.27. The van der Waals surface area contributed by atoms with E-state index in [9.17, 15) is 10.1 Å². The van der Waals surface area contributed by atoms with Crippen LogP contribution in [0.3, 0.4) is 0 Å². The van der Waals surface area contributed by atoms with E-state index < -0.39 is 0 Å². The molecule has 0 aliphatic carbocycles. The Morgan fingerprint density at radius 2 is 1.95 bits per heavy atom. The van der Waals surface area contributed by atoms with Crippen molar-refractivity contribution >= 4 is 21.6 Å². The minimum atomic E-state index is -0.385. The van der Waals surface area contributed by atoms with Gasteiger partial charge in [0.15, 0.2) is 0 Å². The van der Waals surface area contributed by atoms with Crippen molar-refractivity contribution in [1.29, 1.82) is 0 Å². The van der Waals surface area contributed by atoms with Crippen molar-refractivity contribution in [2.75, 3.05) is 11.9 Å². The van der Waals surface area contributed by atoms with Gasteiger partial charge >= 0.3 is 0 Å². The number of aryl methyl sites for hydroxylation is 1. The zero-order chi connectivity index (χ0) is 15.2. The minimum absolute atomic E-state index is 0.113. The Balaban J connectivity index is 2.05. The molecule has 2 aromatic rings. The van der Waals surface area contributed by atoms with E-state index in [1.54, 1.807) is 19.1 Å². The molecule has 110 valence electrons. The Hall–Kier alpha value is -1.88. The van der Waals surface area contributed by atoms with E-state index in [-0.39, 0.29) is 16.5 Å². The van der Waals surface area contributed by atoms with Gasteiger partial charge in [-0.3, -0.25) is 10.1 Å². The Morgan fingerprint density at radius 1 is 1.24 bits per heavy atom. The molecule has 0 N–H and O–H groups in total. The molecule has 0 aromatic heterocycles. The average molecular weight is 350 g/mol. The standard InChI is InChI=1S/C16H16BrNO3/c1-12-9-15(7-8-16(12)18(19)20)21-11-14(10-17)13-5-3-2-4-6-13/h2-9,14H,10-11H2,1H3. The van der Waals surface area contributed by atoms with Gasteiger partial charge in [0.25, 0.3) is 5.69 Å². The highest BCUT2D eigenvalue weighted by molar-refractivity contribution is 9.09. The molecule has 2 aromatic carbocycles. The number of nitrogens with zero attached hydrogens (tertiary/aromatic N) is 1. The van der Waals surface area contributed by atoms with Crippen molar-refractivity contribution in [2.24, 2.45) is 0 Å². The third kappa shape index (κ3) is 4.04. The predicted octanol–water partition coefficient (Wildman–Crippen LogP) is 4.46. The molecule has 0 saturated heterocycles. The van der Waals surface area contributed by atoms with E-state index >= 15 is 0 Å². The summed E-state index contributed by atoms with van der Waals surface area (Å²) in [4.78, 5) is 10.4. The lowest BCUT2D eigenvalue weighted by Gasteiger charge is -2.16. The third-order valence-corrected chi connectivity index (χ3v) is 4.05. The maximum absolute atomic E-state index is 10.8. The number of ether oxygens (including phenoxy) is 1. The molecule has 0 radical (unpaired) electrons. The largest absolute Gasteiger partial charge is 0.493 e. The van der Waals surface area contributed by atoms with Crippen LogP contribution in [-0.2, 0) is 0 Å². The summed E-state index contributed by atoms with van der Waals surface area (Å²) in [5.74, 6) is 0.890. The molecule has 0 spiro atoms. The Labute approximate surface area is 132 Å². The zero-order valence-electron chi connectivity index (χ0n) is 11.7. The summed E-state index contributed by atoms with van der Waals surface area (Å²) in [5, 5.41) is 11.6. The molecule has 1 atom stereocenters. The van der Waals surface area contributed by atoms with Crippen molar-refractivity contribution in [3.63, 3.8) is 0 Å². The molecule has 0 aliphatic heterocycles. The highest BCUT2D eigenvalue weighted by Gasteiger charge is 2.13. The molecule has 0 heterocycles. The first-order chi connectivity index (χ1) is 10.1. The maximum Gasteiger partial charge on any atom is 0.272 e. The van der Waals surface area contributed by atoms with Gasteiger partial charge in [-0.15, -0.1) is 0 Å². The molecule has 0 aliphatic rings. The summed E-state index contributed by atoms with van der Waals surface area (Å²) in [5.41, 5.74) is 1.92. The number of benzene rings is 2. The second-order valence-corrected chi connectivity index (χ2v) is 5.43. The molecule has 1 unspecified atom stereocenters. The Kier molecular flexibility index (Phi) is 5.33. The lowest BCUT2D eigenvalue weighted by molar-refractivity contribution is -0.385.